The third-order valence-corrected chi connectivity index (χ3v) is 8.58. The van der Waals surface area contributed by atoms with E-state index >= 15 is 0 Å². The van der Waals surface area contributed by atoms with Crippen molar-refractivity contribution in [3.05, 3.63) is 90.5 Å². The summed E-state index contributed by atoms with van der Waals surface area (Å²) in [6.07, 6.45) is 0.387. The second kappa shape index (κ2) is 6.13. The molecule has 6 rings (SSSR count). The molecule has 0 bridgehead atoms. The molecule has 1 fully saturated rings. The molecule has 0 N–H and O–H groups in total. The summed E-state index contributed by atoms with van der Waals surface area (Å²) in [7, 11) is -3.49. The van der Waals surface area contributed by atoms with Crippen molar-refractivity contribution in [1.82, 2.24) is 0 Å². The molecular weight excluding hydrogens is 392 g/mol. The van der Waals surface area contributed by atoms with Gasteiger partial charge in [-0.15, -0.1) is 0 Å². The molecule has 0 saturated heterocycles. The maximum absolute atomic E-state index is 13.4. The molecule has 0 spiro atoms. The number of carbonyl (C=O) groups excluding carboxylic acids is 1. The molecule has 1 aliphatic rings. The van der Waals surface area contributed by atoms with Gasteiger partial charge in [-0.2, -0.15) is 0 Å². The van der Waals surface area contributed by atoms with Crippen LogP contribution in [0.3, 0.4) is 0 Å². The van der Waals surface area contributed by atoms with E-state index in [-0.39, 0.29) is 5.78 Å². The Morgan fingerprint density at radius 2 is 1.33 bits per heavy atom. The van der Waals surface area contributed by atoms with Crippen LogP contribution in [-0.2, 0) is 9.84 Å². The highest BCUT2D eigenvalue weighted by atomic mass is 32.2. The van der Waals surface area contributed by atoms with Crippen molar-refractivity contribution in [2.75, 3.05) is 0 Å². The Morgan fingerprint density at radius 3 is 2.07 bits per heavy atom. The van der Waals surface area contributed by atoms with Crippen LogP contribution in [0.15, 0.2) is 89.8 Å². The smallest absolute Gasteiger partial charge is 0.181 e. The Hall–Kier alpha value is -3.24. The molecular formula is C26H18O3S. The van der Waals surface area contributed by atoms with Crippen molar-refractivity contribution < 1.29 is 13.2 Å². The van der Waals surface area contributed by atoms with E-state index in [4.69, 9.17) is 0 Å². The second-order valence-electron chi connectivity index (χ2n) is 8.07. The van der Waals surface area contributed by atoms with Crippen molar-refractivity contribution in [2.24, 2.45) is 5.92 Å². The molecule has 1 aliphatic carbocycles. The molecule has 5 aromatic rings. The summed E-state index contributed by atoms with van der Waals surface area (Å²) in [5.74, 6) is -0.550. The normalized spacial score (nSPS) is 18.9. The monoisotopic (exact) mass is 410 g/mol. The molecule has 146 valence electrons. The van der Waals surface area contributed by atoms with Gasteiger partial charge in [0.25, 0.3) is 0 Å². The van der Waals surface area contributed by atoms with E-state index in [0.29, 0.717) is 16.9 Å². The quantitative estimate of drug-likeness (QED) is 0.285. The van der Waals surface area contributed by atoms with Gasteiger partial charge in [-0.1, -0.05) is 72.8 Å². The van der Waals surface area contributed by atoms with Gasteiger partial charge in [-0.3, -0.25) is 4.79 Å². The SMILES string of the molecule is O=C(c1ccc2ccc3cccc4ccc1c2c34)[C@H]1C[C@@H]1S(=O)(=O)c1ccccc1. The molecule has 30 heavy (non-hydrogen) atoms. The number of carbonyl (C=O) groups is 1. The molecule has 0 aliphatic heterocycles. The minimum absolute atomic E-state index is 0.0718. The zero-order valence-corrected chi connectivity index (χ0v) is 16.9. The highest BCUT2D eigenvalue weighted by molar-refractivity contribution is 7.92. The first-order chi connectivity index (χ1) is 14.6. The summed E-state index contributed by atoms with van der Waals surface area (Å²) in [5.41, 5.74) is 0.622. The Balaban J connectivity index is 1.46. The zero-order valence-electron chi connectivity index (χ0n) is 16.1. The molecule has 1 saturated carbocycles. The van der Waals surface area contributed by atoms with E-state index in [1.54, 1.807) is 30.3 Å². The molecule has 5 aromatic carbocycles. The lowest BCUT2D eigenvalue weighted by Gasteiger charge is -2.13. The molecule has 0 radical (unpaired) electrons. The fourth-order valence-electron chi connectivity index (χ4n) is 4.73. The Bertz CT molecular complexity index is 1540. The molecule has 0 heterocycles. The standard InChI is InChI=1S/C26H18O3S/c27-26(22-15-23(22)30(28,29)19-7-2-1-3-8-19)21-14-12-18-10-9-16-5-4-6-17-11-13-20(21)25(18)24(16)17/h1-14,22-23H,15H2/t22-,23-/m0/s1. The molecule has 0 aromatic heterocycles. The van der Waals surface area contributed by atoms with E-state index in [0.717, 1.165) is 32.3 Å². The van der Waals surface area contributed by atoms with Crippen LogP contribution >= 0.6 is 0 Å². The van der Waals surface area contributed by atoms with E-state index < -0.39 is 21.0 Å². The lowest BCUT2D eigenvalue weighted by Crippen LogP contribution is -2.14. The van der Waals surface area contributed by atoms with Gasteiger partial charge in [0.05, 0.1) is 10.1 Å². The fraction of sp³-hybridized carbons (Fsp3) is 0.115. The number of ketones is 1. The van der Waals surface area contributed by atoms with Crippen LogP contribution in [0.25, 0.3) is 32.3 Å². The zero-order chi connectivity index (χ0) is 20.5. The number of Topliss-reactive ketones (excluding diaryl/α,β-unsaturated/α-hetero) is 1. The van der Waals surface area contributed by atoms with Crippen molar-refractivity contribution in [1.29, 1.82) is 0 Å². The lowest BCUT2D eigenvalue weighted by atomic mass is 9.90. The largest absolute Gasteiger partial charge is 0.294 e. The predicted octanol–water partition coefficient (Wildman–Crippen LogP) is 5.63. The average molecular weight is 410 g/mol. The molecule has 0 amide bonds. The summed E-state index contributed by atoms with van der Waals surface area (Å²) >= 11 is 0. The summed E-state index contributed by atoms with van der Waals surface area (Å²) < 4.78 is 25.9. The van der Waals surface area contributed by atoms with Crippen molar-refractivity contribution >= 4 is 47.9 Å². The highest BCUT2D eigenvalue weighted by Crippen LogP contribution is 2.44. The lowest BCUT2D eigenvalue weighted by molar-refractivity contribution is 0.0969. The highest BCUT2D eigenvalue weighted by Gasteiger charge is 2.52. The first kappa shape index (κ1) is 17.6. The van der Waals surface area contributed by atoms with Crippen molar-refractivity contribution in [2.45, 2.75) is 16.6 Å². The van der Waals surface area contributed by atoms with E-state index in [2.05, 4.69) is 24.3 Å². The fourth-order valence-corrected chi connectivity index (χ4v) is 6.63. The van der Waals surface area contributed by atoms with Crippen molar-refractivity contribution in [3.8, 4) is 0 Å². The van der Waals surface area contributed by atoms with E-state index in [9.17, 15) is 13.2 Å². The summed E-state index contributed by atoms with van der Waals surface area (Å²) in [6.45, 7) is 0. The minimum Gasteiger partial charge on any atom is -0.294 e. The van der Waals surface area contributed by atoms with Gasteiger partial charge in [-0.25, -0.2) is 8.42 Å². The van der Waals surface area contributed by atoms with Crippen LogP contribution in [0, 0.1) is 5.92 Å². The van der Waals surface area contributed by atoms with Gasteiger partial charge < -0.3 is 0 Å². The summed E-state index contributed by atoms with van der Waals surface area (Å²) in [6, 6.07) is 26.7. The predicted molar refractivity (Wildman–Crippen MR) is 120 cm³/mol. The molecule has 4 heteroatoms. The van der Waals surface area contributed by atoms with Gasteiger partial charge in [0.1, 0.15) is 0 Å². The maximum atomic E-state index is 13.4. The van der Waals surface area contributed by atoms with Crippen LogP contribution in [-0.4, -0.2) is 19.5 Å². The van der Waals surface area contributed by atoms with Gasteiger partial charge in [0, 0.05) is 11.5 Å². The molecule has 3 nitrogen and oxygen atoms in total. The first-order valence-corrected chi connectivity index (χ1v) is 11.6. The molecule has 0 unspecified atom stereocenters. The van der Waals surface area contributed by atoms with E-state index in [1.807, 2.05) is 30.3 Å². The van der Waals surface area contributed by atoms with Crippen LogP contribution in [0.2, 0.25) is 0 Å². The van der Waals surface area contributed by atoms with Crippen LogP contribution in [0.1, 0.15) is 16.8 Å². The number of hydrogen-bond acceptors (Lipinski definition) is 3. The number of hydrogen-bond donors (Lipinski definition) is 0. The van der Waals surface area contributed by atoms with Gasteiger partial charge in [0.2, 0.25) is 0 Å². The molecule has 2 atom stereocenters. The van der Waals surface area contributed by atoms with Crippen LogP contribution in [0.4, 0.5) is 0 Å². The third-order valence-electron chi connectivity index (χ3n) is 6.33. The summed E-state index contributed by atoms with van der Waals surface area (Å²) in [5, 5.41) is 5.90. The van der Waals surface area contributed by atoms with E-state index in [1.165, 1.54) is 0 Å². The number of benzene rings is 5. The van der Waals surface area contributed by atoms with Crippen molar-refractivity contribution in [3.63, 3.8) is 0 Å². The second-order valence-corrected chi connectivity index (χ2v) is 10.2. The number of sulfone groups is 1. The third kappa shape index (κ3) is 2.44. The average Bonchev–Trinajstić information content (AvgIpc) is 3.59. The number of rotatable bonds is 4. The minimum atomic E-state index is -3.49. The van der Waals surface area contributed by atoms with Gasteiger partial charge in [-0.05, 0) is 50.9 Å². The Morgan fingerprint density at radius 1 is 0.700 bits per heavy atom. The van der Waals surface area contributed by atoms with Crippen LogP contribution < -0.4 is 0 Å². The maximum Gasteiger partial charge on any atom is 0.181 e. The first-order valence-electron chi connectivity index (χ1n) is 10.1. The van der Waals surface area contributed by atoms with Gasteiger partial charge in [0.15, 0.2) is 15.6 Å². The topological polar surface area (TPSA) is 51.2 Å². The Labute approximate surface area is 174 Å². The van der Waals surface area contributed by atoms with Crippen LogP contribution in [0.5, 0.6) is 0 Å². The van der Waals surface area contributed by atoms with Gasteiger partial charge >= 0.3 is 0 Å². The Kier molecular flexibility index (Phi) is 3.60. The summed E-state index contributed by atoms with van der Waals surface area (Å²) in [4.78, 5) is 13.7.